The van der Waals surface area contributed by atoms with Crippen LogP contribution in [0, 0.1) is 17.5 Å². The summed E-state index contributed by atoms with van der Waals surface area (Å²) in [5, 5.41) is 21.0. The maximum atomic E-state index is 13.7. The standard InChI is InChI=1S/C23H25F2N2O8P.C20H21ClFN2O8P/c1-23(2)33-19-18(32-22(20(19)34-23)27-6-3-4-13(11-27)21(26)28)12-31-36(29)30-7-5-17(35-36)14-8-15(24)10-16(25)9-14;21-13-6-12(7-14(22)8-13)15-3-5-29-33(28,32-15)30-10-16-17(25)18(26)20(31-16)24-4-1-2-11(9-24)19(23)27/h3-4,6,8-11,17-20,22H,5,7,12H2,1-2H3,(H-,26,28);1-2,4,6-9,15-18,20,25-26H,3,5,10H2,(H-,23,27)/p+2/t17?,18?,19-,20-,22-,36?;15?,16?,17-,18-,20-,33?/m11/s1. The minimum atomic E-state index is -4.09. The van der Waals surface area contributed by atoms with Gasteiger partial charge < -0.3 is 40.6 Å². The Bertz CT molecular complexity index is 2620. The van der Waals surface area contributed by atoms with Gasteiger partial charge in [0, 0.05) is 36.1 Å². The normalized spacial score (nSPS) is 32.8. The molecule has 9 rings (SSSR count). The van der Waals surface area contributed by atoms with Crippen LogP contribution in [0.4, 0.5) is 13.2 Å². The number of benzene rings is 2. The summed E-state index contributed by atoms with van der Waals surface area (Å²) in [6, 6.07) is 13.1. The fraction of sp³-hybridized carbons (Fsp3) is 0.442. The molecule has 4 aromatic rings. The lowest BCUT2D eigenvalue weighted by molar-refractivity contribution is -0.766. The van der Waals surface area contributed by atoms with E-state index in [1.807, 2.05) is 0 Å². The highest BCUT2D eigenvalue weighted by molar-refractivity contribution is 7.48. The monoisotopic (exact) mass is 1030 g/mol. The number of aromatic nitrogens is 2. The number of carbonyl (C=O) groups is 2. The van der Waals surface area contributed by atoms with Gasteiger partial charge in [-0.3, -0.25) is 36.7 Å². The number of halogens is 4. The van der Waals surface area contributed by atoms with E-state index in [4.69, 9.17) is 69.2 Å². The molecule has 0 bridgehead atoms. The predicted octanol–water partition coefficient (Wildman–Crippen LogP) is 4.86. The molecule has 26 heteroatoms. The predicted molar refractivity (Wildman–Crippen MR) is 228 cm³/mol. The molecule has 6 unspecified atom stereocenters. The van der Waals surface area contributed by atoms with E-state index in [9.17, 15) is 42.1 Å². The van der Waals surface area contributed by atoms with E-state index >= 15 is 0 Å². The summed E-state index contributed by atoms with van der Waals surface area (Å²) < 4.78 is 126. The third kappa shape index (κ3) is 12.1. The molecule has 0 saturated carbocycles. The summed E-state index contributed by atoms with van der Waals surface area (Å²) in [7, 11) is -8.17. The van der Waals surface area contributed by atoms with Gasteiger partial charge in [-0.2, -0.15) is 9.13 Å². The topological polar surface area (TPSA) is 261 Å². The van der Waals surface area contributed by atoms with E-state index in [-0.39, 0.29) is 48.0 Å². The van der Waals surface area contributed by atoms with Crippen molar-refractivity contribution in [3.05, 3.63) is 130 Å². The average molecular weight is 1030 g/mol. The molecule has 372 valence electrons. The van der Waals surface area contributed by atoms with Gasteiger partial charge >= 0.3 is 15.6 Å². The quantitative estimate of drug-likeness (QED) is 0.109. The van der Waals surface area contributed by atoms with Crippen LogP contribution >= 0.6 is 27.2 Å². The van der Waals surface area contributed by atoms with Crippen molar-refractivity contribution in [1.82, 2.24) is 0 Å². The number of hydrogen-bond donors (Lipinski definition) is 4. The summed E-state index contributed by atoms with van der Waals surface area (Å²) in [6.07, 6.45) is -2.49. The molecule has 20 nitrogen and oxygen atoms in total. The molecular weight excluding hydrogens is 983 g/mol. The number of pyridine rings is 2. The van der Waals surface area contributed by atoms with Gasteiger partial charge in [0.25, 0.3) is 24.3 Å². The van der Waals surface area contributed by atoms with Gasteiger partial charge in [-0.25, -0.2) is 22.3 Å². The van der Waals surface area contributed by atoms with E-state index in [0.29, 0.717) is 12.0 Å². The van der Waals surface area contributed by atoms with Crippen LogP contribution < -0.4 is 20.6 Å². The summed E-state index contributed by atoms with van der Waals surface area (Å²) in [6.45, 7) is 2.85. The highest BCUT2D eigenvalue weighted by Gasteiger charge is 2.60. The van der Waals surface area contributed by atoms with Crippen LogP contribution in [0.3, 0.4) is 0 Å². The number of aliphatic hydroxyl groups is 2. The Morgan fingerprint density at radius 3 is 1.74 bits per heavy atom. The van der Waals surface area contributed by atoms with Crippen molar-refractivity contribution < 1.29 is 97.3 Å². The van der Waals surface area contributed by atoms with E-state index in [1.165, 1.54) is 41.2 Å². The molecule has 2 aromatic heterocycles. The Hall–Kier alpha value is -4.26. The number of rotatable bonds is 12. The average Bonchev–Trinajstić information content (AvgIpc) is 3.90. The van der Waals surface area contributed by atoms with Gasteiger partial charge in [0.1, 0.15) is 53.0 Å². The maximum Gasteiger partial charge on any atom is 0.475 e. The molecule has 5 fully saturated rings. The maximum absolute atomic E-state index is 13.7. The molecule has 6 N–H and O–H groups in total. The van der Waals surface area contributed by atoms with E-state index in [0.717, 1.165) is 24.3 Å². The number of aliphatic hydroxyl groups excluding tert-OH is 2. The van der Waals surface area contributed by atoms with E-state index in [2.05, 4.69) is 0 Å². The largest absolute Gasteiger partial charge is 0.475 e. The number of nitrogens with zero attached hydrogens (tertiary/aromatic N) is 2. The summed E-state index contributed by atoms with van der Waals surface area (Å²) in [5.74, 6) is -4.30. The van der Waals surface area contributed by atoms with Crippen LogP contribution in [0.1, 0.15) is 83.2 Å². The lowest BCUT2D eigenvalue weighted by Crippen LogP contribution is -2.46. The number of phosphoric acid groups is 2. The number of nitrogens with two attached hydrogens (primary N) is 2. The summed E-state index contributed by atoms with van der Waals surface area (Å²) in [5.41, 5.74) is 11.7. The first kappa shape index (κ1) is 51.1. The lowest BCUT2D eigenvalue weighted by atomic mass is 10.1. The Kier molecular flexibility index (Phi) is 15.4. The van der Waals surface area contributed by atoms with Crippen molar-refractivity contribution in [3.8, 4) is 0 Å². The first-order chi connectivity index (χ1) is 32.7. The Balaban J connectivity index is 0.000000187. The smallest absolute Gasteiger partial charge is 0.387 e. The van der Waals surface area contributed by atoms with Crippen molar-refractivity contribution in [1.29, 1.82) is 0 Å². The molecule has 12 atom stereocenters. The molecule has 5 aliphatic rings. The molecule has 2 amide bonds. The van der Waals surface area contributed by atoms with Crippen LogP contribution in [-0.4, -0.2) is 90.9 Å². The molecule has 0 aliphatic carbocycles. The Morgan fingerprint density at radius 1 is 0.725 bits per heavy atom. The van der Waals surface area contributed by atoms with Crippen molar-refractivity contribution in [2.24, 2.45) is 11.5 Å². The lowest BCUT2D eigenvalue weighted by Gasteiger charge is -2.30. The fourth-order valence-corrected chi connectivity index (χ4v) is 11.2. The number of hydrogen-bond acceptors (Lipinski definition) is 16. The van der Waals surface area contributed by atoms with Crippen molar-refractivity contribution in [2.75, 3.05) is 26.4 Å². The molecular formula is C43H48ClF3N4O16P2+2. The van der Waals surface area contributed by atoms with Crippen molar-refractivity contribution >= 4 is 39.1 Å². The SMILES string of the molecule is CC1(C)O[C@@H]2[C@H](O1)C(COP1(=O)OCCC(c3cc(F)cc(F)c3)O1)O[C@H]2[n+]1cccc(C(N)=O)c1.NC(=O)c1ccc[n+]([C@@H]2OC(COP3(=O)OCCC(c4cc(F)cc(Cl)c4)O3)[C@@H](O)[C@H]2O)c1. The zero-order valence-electron chi connectivity index (χ0n) is 36.7. The molecule has 5 saturated heterocycles. The van der Waals surface area contributed by atoms with Crippen molar-refractivity contribution in [3.63, 3.8) is 0 Å². The van der Waals surface area contributed by atoms with Gasteiger partial charge in [-0.1, -0.05) is 11.6 Å². The number of fused-ring (bicyclic) bond motifs is 1. The van der Waals surface area contributed by atoms with Crippen LogP contribution in [0.5, 0.6) is 0 Å². The van der Waals surface area contributed by atoms with Gasteiger partial charge in [0.2, 0.25) is 0 Å². The highest BCUT2D eigenvalue weighted by Crippen LogP contribution is 2.59. The second-order valence-electron chi connectivity index (χ2n) is 16.8. The van der Waals surface area contributed by atoms with Gasteiger partial charge in [0.05, 0.1) is 38.6 Å². The van der Waals surface area contributed by atoms with Crippen LogP contribution in [-0.2, 0) is 55.2 Å². The number of primary amides is 2. The molecule has 0 spiro atoms. The minimum Gasteiger partial charge on any atom is -0.387 e. The van der Waals surface area contributed by atoms with Gasteiger partial charge in [-0.15, -0.1) is 0 Å². The zero-order valence-corrected chi connectivity index (χ0v) is 39.2. The Morgan fingerprint density at radius 2 is 1.20 bits per heavy atom. The summed E-state index contributed by atoms with van der Waals surface area (Å²) >= 11 is 5.89. The molecule has 69 heavy (non-hydrogen) atoms. The molecule has 2 aromatic carbocycles. The highest BCUT2D eigenvalue weighted by atomic mass is 35.5. The zero-order chi connectivity index (χ0) is 49.4. The van der Waals surface area contributed by atoms with Gasteiger partial charge in [0.15, 0.2) is 42.8 Å². The van der Waals surface area contributed by atoms with E-state index in [1.54, 1.807) is 42.9 Å². The van der Waals surface area contributed by atoms with Crippen LogP contribution in [0.25, 0.3) is 0 Å². The minimum absolute atomic E-state index is 0.00266. The Labute approximate surface area is 397 Å². The number of ether oxygens (including phenoxy) is 4. The first-order valence-corrected chi connectivity index (χ1v) is 24.7. The van der Waals surface area contributed by atoms with Gasteiger partial charge in [-0.05, 0) is 67.4 Å². The summed E-state index contributed by atoms with van der Waals surface area (Å²) in [4.78, 5) is 23.0. The number of phosphoric ester groups is 2. The molecule has 5 aliphatic heterocycles. The van der Waals surface area contributed by atoms with E-state index < -0.39 is 119 Å². The third-order valence-electron chi connectivity index (χ3n) is 11.3. The fourth-order valence-electron chi connectivity index (χ4n) is 8.20. The third-order valence-corrected chi connectivity index (χ3v) is 14.5. The first-order valence-electron chi connectivity index (χ1n) is 21.4. The number of amides is 2. The number of carbonyl (C=O) groups excluding carboxylic acids is 2. The second kappa shape index (κ2) is 20.8. The molecule has 0 radical (unpaired) electrons. The van der Waals surface area contributed by atoms with Crippen molar-refractivity contribution in [2.45, 2.75) is 93.8 Å². The molecule has 7 heterocycles. The second-order valence-corrected chi connectivity index (χ2v) is 20.5. The van der Waals surface area contributed by atoms with Crippen LogP contribution in [0.15, 0.2) is 85.5 Å². The van der Waals surface area contributed by atoms with Crippen LogP contribution in [0.2, 0.25) is 5.02 Å².